The highest BCUT2D eigenvalue weighted by Gasteiger charge is 2.12. The van der Waals surface area contributed by atoms with Crippen molar-refractivity contribution < 1.29 is 0 Å². The summed E-state index contributed by atoms with van der Waals surface area (Å²) in [5.41, 5.74) is 0. The Bertz CT molecular complexity index is 175. The maximum atomic E-state index is 5.30. The van der Waals surface area contributed by atoms with Crippen molar-refractivity contribution in [3.8, 4) is 0 Å². The van der Waals surface area contributed by atoms with Crippen LogP contribution in [-0.2, 0) is 0 Å². The van der Waals surface area contributed by atoms with E-state index in [0.29, 0.717) is 5.17 Å². The van der Waals surface area contributed by atoms with Crippen LogP contribution in [0.3, 0.4) is 0 Å². The van der Waals surface area contributed by atoms with Gasteiger partial charge < -0.3 is 0 Å². The van der Waals surface area contributed by atoms with Crippen LogP contribution < -0.4 is 4.67 Å². The van der Waals surface area contributed by atoms with Gasteiger partial charge in [-0.15, -0.1) is 0 Å². The third-order valence-electron chi connectivity index (χ3n) is 0.477. The number of nitrogens with zero attached hydrogens (tertiary/aromatic N) is 2. The number of aliphatic imine (C=N–C) groups is 1. The van der Waals surface area contributed by atoms with Crippen molar-refractivity contribution >= 4 is 39.9 Å². The molecule has 0 fully saturated rings. The molecule has 0 atom stereocenters. The van der Waals surface area contributed by atoms with Crippen LogP contribution >= 0.6 is 23.2 Å². The monoisotopic (exact) mass is 135 g/mol. The first kappa shape index (κ1) is 4.85. The molecular formula is C3HCl2N2+. The summed E-state index contributed by atoms with van der Waals surface area (Å²) < 4.78 is 3.54. The summed E-state index contributed by atoms with van der Waals surface area (Å²) in [6.07, 6.45) is 1.39. The van der Waals surface area contributed by atoms with Gasteiger partial charge in [-0.05, 0) is 11.6 Å². The van der Waals surface area contributed by atoms with Gasteiger partial charge in [-0.25, -0.2) is 0 Å². The largest absolute Gasteiger partial charge is 0.491 e. The smallest absolute Gasteiger partial charge is 0.190 e. The zero-order valence-corrected chi connectivity index (χ0v) is 4.74. The van der Waals surface area contributed by atoms with Crippen LogP contribution in [0.5, 0.6) is 0 Å². The van der Waals surface area contributed by atoms with Crippen molar-refractivity contribution in [2.24, 2.45) is 4.99 Å². The summed E-state index contributed by atoms with van der Waals surface area (Å²) in [4.78, 5) is 3.53. The molecule has 2 nitrogen and oxygen atoms in total. The summed E-state index contributed by atoms with van der Waals surface area (Å²) >= 11 is 10.6. The molecule has 0 spiro atoms. The number of amidine groups is 1. The van der Waals surface area contributed by atoms with Crippen LogP contribution in [0.2, 0.25) is 0 Å². The molecular weight excluding hydrogens is 135 g/mol. The number of rotatable bonds is 0. The molecule has 1 heterocycles. The SMILES string of the molecule is ClC1=NC(Cl)=[N+]=C1. The Morgan fingerprint density at radius 2 is 2.29 bits per heavy atom. The van der Waals surface area contributed by atoms with Crippen molar-refractivity contribution in [1.82, 2.24) is 4.67 Å². The molecule has 0 aliphatic carbocycles. The van der Waals surface area contributed by atoms with Crippen LogP contribution in [0.25, 0.3) is 0 Å². The normalized spacial score (nSPS) is 16.9. The Labute approximate surface area is 50.2 Å². The van der Waals surface area contributed by atoms with Crippen LogP contribution in [0, 0.1) is 0 Å². The summed E-state index contributed by atoms with van der Waals surface area (Å²) in [7, 11) is 0. The first-order valence-electron chi connectivity index (χ1n) is 1.60. The second-order valence-electron chi connectivity index (χ2n) is 0.962. The van der Waals surface area contributed by atoms with Crippen molar-refractivity contribution in [3.63, 3.8) is 0 Å². The highest BCUT2D eigenvalue weighted by atomic mass is 35.5. The molecule has 0 aromatic carbocycles. The molecule has 0 bridgehead atoms. The number of halogens is 2. The molecule has 0 amide bonds. The van der Waals surface area contributed by atoms with E-state index in [-0.39, 0.29) is 5.29 Å². The van der Waals surface area contributed by atoms with Gasteiger partial charge in [0.05, 0.1) is 0 Å². The zero-order valence-electron chi connectivity index (χ0n) is 3.23. The highest BCUT2D eigenvalue weighted by molar-refractivity contribution is 6.83. The molecule has 0 radical (unpaired) electrons. The van der Waals surface area contributed by atoms with E-state index in [9.17, 15) is 0 Å². The lowest BCUT2D eigenvalue weighted by atomic mass is 10.8. The maximum Gasteiger partial charge on any atom is 0.491 e. The minimum absolute atomic E-state index is 0.199. The van der Waals surface area contributed by atoms with Gasteiger partial charge in [0, 0.05) is 16.6 Å². The average Bonchev–Trinajstić information content (AvgIpc) is 1.87. The standard InChI is InChI=1S/C3HCl2N2/c4-2-1-6-3(5)7-2/h1H/q+1. The zero-order chi connectivity index (χ0) is 5.28. The molecule has 0 unspecified atom stereocenters. The molecule has 0 aromatic rings. The number of hydrogen-bond donors (Lipinski definition) is 0. The Morgan fingerprint density at radius 1 is 1.57 bits per heavy atom. The van der Waals surface area contributed by atoms with Crippen LogP contribution in [0.1, 0.15) is 0 Å². The van der Waals surface area contributed by atoms with Crippen molar-refractivity contribution in [3.05, 3.63) is 0 Å². The predicted octanol–water partition coefficient (Wildman–Crippen LogP) is 0.370. The summed E-state index contributed by atoms with van der Waals surface area (Å²) in [5.74, 6) is 0. The van der Waals surface area contributed by atoms with Gasteiger partial charge in [-0.1, -0.05) is 0 Å². The lowest BCUT2D eigenvalue weighted by molar-refractivity contribution is 1.68. The van der Waals surface area contributed by atoms with Crippen LogP contribution in [-0.4, -0.2) is 16.7 Å². The quantitative estimate of drug-likeness (QED) is 0.339. The number of hydrogen-bond acceptors (Lipinski definition) is 1. The minimum atomic E-state index is 0.199. The van der Waals surface area contributed by atoms with Gasteiger partial charge in [0.25, 0.3) is 6.21 Å². The van der Waals surface area contributed by atoms with Crippen molar-refractivity contribution in [1.29, 1.82) is 0 Å². The van der Waals surface area contributed by atoms with E-state index in [1.54, 1.807) is 0 Å². The first-order chi connectivity index (χ1) is 3.29. The Balaban J connectivity index is 2.92. The maximum absolute atomic E-state index is 5.30. The Hall–Kier alpha value is -0.300. The molecule has 0 saturated heterocycles. The van der Waals surface area contributed by atoms with Crippen LogP contribution in [0.4, 0.5) is 0 Å². The summed E-state index contributed by atoms with van der Waals surface area (Å²) in [6, 6.07) is 0. The molecule has 1 aliphatic heterocycles. The van der Waals surface area contributed by atoms with E-state index < -0.39 is 0 Å². The van der Waals surface area contributed by atoms with Crippen molar-refractivity contribution in [2.75, 3.05) is 0 Å². The van der Waals surface area contributed by atoms with E-state index in [1.807, 2.05) is 0 Å². The van der Waals surface area contributed by atoms with E-state index in [2.05, 4.69) is 9.66 Å². The average molecular weight is 136 g/mol. The lowest BCUT2D eigenvalue weighted by Gasteiger charge is -1.53. The molecule has 0 aromatic heterocycles. The molecule has 36 valence electrons. The summed E-state index contributed by atoms with van der Waals surface area (Å²) in [5, 5.41) is 0.537. The second-order valence-corrected chi connectivity index (χ2v) is 1.69. The van der Waals surface area contributed by atoms with Gasteiger partial charge >= 0.3 is 10.5 Å². The van der Waals surface area contributed by atoms with Gasteiger partial charge in [0.1, 0.15) is 0 Å². The fraction of sp³-hybridized carbons (Fsp3) is 0. The molecule has 1 rings (SSSR count). The lowest BCUT2D eigenvalue weighted by Crippen LogP contribution is -1.81. The molecule has 0 saturated carbocycles. The Kier molecular flexibility index (Phi) is 1.15. The molecule has 0 N–H and O–H groups in total. The predicted molar refractivity (Wildman–Crippen MR) is 32.3 cm³/mol. The third kappa shape index (κ3) is 1.03. The van der Waals surface area contributed by atoms with E-state index in [4.69, 9.17) is 23.2 Å². The van der Waals surface area contributed by atoms with Gasteiger partial charge in [-0.3, -0.25) is 0 Å². The molecule has 7 heavy (non-hydrogen) atoms. The fourth-order valence-corrected chi connectivity index (χ4v) is 0.564. The van der Waals surface area contributed by atoms with E-state index in [1.165, 1.54) is 6.21 Å². The highest BCUT2D eigenvalue weighted by Crippen LogP contribution is 1.89. The van der Waals surface area contributed by atoms with E-state index in [0.717, 1.165) is 0 Å². The summed E-state index contributed by atoms with van der Waals surface area (Å²) in [6.45, 7) is 0. The van der Waals surface area contributed by atoms with Crippen molar-refractivity contribution in [2.45, 2.75) is 0 Å². The third-order valence-corrected chi connectivity index (χ3v) is 0.841. The van der Waals surface area contributed by atoms with Crippen LogP contribution in [0.15, 0.2) is 4.99 Å². The first-order valence-corrected chi connectivity index (χ1v) is 2.35. The van der Waals surface area contributed by atoms with Gasteiger partial charge in [0.15, 0.2) is 0 Å². The van der Waals surface area contributed by atoms with E-state index >= 15 is 0 Å². The molecule has 1 aliphatic rings. The molecule has 4 heteroatoms. The van der Waals surface area contributed by atoms with Gasteiger partial charge in [0.2, 0.25) is 0 Å². The minimum Gasteiger partial charge on any atom is -0.190 e. The fourth-order valence-electron chi connectivity index (χ4n) is 0.252. The topological polar surface area (TPSA) is 26.5 Å². The Morgan fingerprint density at radius 3 is 2.43 bits per heavy atom. The van der Waals surface area contributed by atoms with Gasteiger partial charge in [-0.2, -0.15) is 4.67 Å². The second kappa shape index (κ2) is 1.66.